The van der Waals surface area contributed by atoms with Crippen molar-refractivity contribution in [3.63, 3.8) is 0 Å². The van der Waals surface area contributed by atoms with Crippen molar-refractivity contribution in [2.75, 3.05) is 19.6 Å². The first-order valence-corrected chi connectivity index (χ1v) is 8.05. The molecule has 0 amide bonds. The zero-order chi connectivity index (χ0) is 15.7. The lowest BCUT2D eigenvalue weighted by atomic mass is 10.00. The molecule has 128 valence electrons. The van der Waals surface area contributed by atoms with Gasteiger partial charge < -0.3 is 15.2 Å². The number of unbranched alkanes of at least 4 members (excludes halogenated alkanes) is 2. The Morgan fingerprint density at radius 1 is 1.23 bits per heavy atom. The Kier molecular flexibility index (Phi) is 11.3. The summed E-state index contributed by atoms with van der Waals surface area (Å²) in [4.78, 5) is 4.67. The van der Waals surface area contributed by atoms with Crippen molar-refractivity contribution < 1.29 is 4.52 Å². The van der Waals surface area contributed by atoms with E-state index >= 15 is 0 Å². The summed E-state index contributed by atoms with van der Waals surface area (Å²) in [6.45, 7) is 13.0. The van der Waals surface area contributed by atoms with Gasteiger partial charge in [0.1, 0.15) is 5.76 Å². The summed E-state index contributed by atoms with van der Waals surface area (Å²) in [6, 6.07) is 0. The van der Waals surface area contributed by atoms with E-state index in [0.29, 0.717) is 5.92 Å². The van der Waals surface area contributed by atoms with E-state index < -0.39 is 0 Å². The molecule has 1 rings (SSSR count). The van der Waals surface area contributed by atoms with E-state index in [0.717, 1.165) is 37.0 Å². The molecule has 0 saturated carbocycles. The minimum atomic E-state index is 0. The Morgan fingerprint density at radius 3 is 2.50 bits per heavy atom. The number of aromatic nitrogens is 1. The van der Waals surface area contributed by atoms with E-state index in [9.17, 15) is 0 Å². The van der Waals surface area contributed by atoms with Gasteiger partial charge in [-0.1, -0.05) is 31.8 Å². The van der Waals surface area contributed by atoms with Crippen LogP contribution in [0.4, 0.5) is 0 Å². The smallest absolute Gasteiger partial charge is 0.191 e. The molecular formula is C16H31IN4O. The third-order valence-corrected chi connectivity index (χ3v) is 3.52. The highest BCUT2D eigenvalue weighted by atomic mass is 127. The molecule has 22 heavy (non-hydrogen) atoms. The lowest BCUT2D eigenvalue weighted by molar-refractivity contribution is 0.391. The molecule has 1 aromatic rings. The number of nitrogens with one attached hydrogen (secondary N) is 2. The third-order valence-electron chi connectivity index (χ3n) is 3.52. The van der Waals surface area contributed by atoms with Crippen molar-refractivity contribution in [3.05, 3.63) is 17.0 Å². The molecule has 1 aromatic heterocycles. The number of nitrogens with zero attached hydrogens (tertiary/aromatic N) is 2. The van der Waals surface area contributed by atoms with Crippen LogP contribution in [0, 0.1) is 13.8 Å². The Hall–Kier alpha value is -0.790. The third kappa shape index (κ3) is 6.98. The van der Waals surface area contributed by atoms with Crippen molar-refractivity contribution >= 4 is 29.9 Å². The number of rotatable bonds is 8. The van der Waals surface area contributed by atoms with E-state index in [-0.39, 0.29) is 24.0 Å². The number of aliphatic imine (C=N–C) groups is 1. The van der Waals surface area contributed by atoms with Gasteiger partial charge in [0.15, 0.2) is 5.96 Å². The van der Waals surface area contributed by atoms with Crippen LogP contribution in [0.15, 0.2) is 9.52 Å². The largest absolute Gasteiger partial charge is 0.361 e. The summed E-state index contributed by atoms with van der Waals surface area (Å²) < 4.78 is 5.23. The predicted molar refractivity (Wildman–Crippen MR) is 103 cm³/mol. The Labute approximate surface area is 151 Å². The van der Waals surface area contributed by atoms with Crippen LogP contribution >= 0.6 is 24.0 Å². The van der Waals surface area contributed by atoms with E-state index in [1.165, 1.54) is 24.8 Å². The average Bonchev–Trinajstić information content (AvgIpc) is 2.79. The molecule has 0 radical (unpaired) electrons. The first kappa shape index (κ1) is 21.2. The van der Waals surface area contributed by atoms with E-state index in [2.05, 4.69) is 41.6 Å². The fourth-order valence-corrected chi connectivity index (χ4v) is 2.44. The van der Waals surface area contributed by atoms with Crippen molar-refractivity contribution in [2.24, 2.45) is 4.99 Å². The van der Waals surface area contributed by atoms with Crippen molar-refractivity contribution in [3.8, 4) is 0 Å². The molecule has 0 bridgehead atoms. The zero-order valence-corrected chi connectivity index (χ0v) is 16.9. The van der Waals surface area contributed by atoms with Crippen LogP contribution in [0.1, 0.15) is 63.0 Å². The molecule has 1 atom stereocenters. The van der Waals surface area contributed by atoms with Gasteiger partial charge in [-0.05, 0) is 27.2 Å². The summed E-state index contributed by atoms with van der Waals surface area (Å²) >= 11 is 0. The molecule has 0 aliphatic carbocycles. The van der Waals surface area contributed by atoms with Crippen LogP contribution in [-0.4, -0.2) is 30.8 Å². The summed E-state index contributed by atoms with van der Waals surface area (Å²) in [6.07, 6.45) is 3.67. The standard InChI is InChI=1S/C16H30N4O.HI/c1-6-8-9-10-18-16(17-7-2)19-11-12(3)15-13(4)20-21-14(15)5;/h12H,6-11H2,1-5H3,(H2,17,18,19);1H. The molecule has 2 N–H and O–H groups in total. The molecule has 0 aromatic carbocycles. The Bertz CT molecular complexity index is 426. The van der Waals surface area contributed by atoms with Gasteiger partial charge in [-0.15, -0.1) is 24.0 Å². The van der Waals surface area contributed by atoms with Crippen LogP contribution in [-0.2, 0) is 0 Å². The second kappa shape index (κ2) is 11.7. The molecule has 0 spiro atoms. The quantitative estimate of drug-likeness (QED) is 0.290. The number of halogens is 1. The van der Waals surface area contributed by atoms with Gasteiger partial charge in [0, 0.05) is 31.1 Å². The number of aryl methyl sites for hydroxylation is 2. The second-order valence-corrected chi connectivity index (χ2v) is 5.49. The minimum Gasteiger partial charge on any atom is -0.361 e. The molecule has 5 nitrogen and oxygen atoms in total. The van der Waals surface area contributed by atoms with E-state index in [4.69, 9.17) is 4.52 Å². The summed E-state index contributed by atoms with van der Waals surface area (Å²) in [5, 5.41) is 10.7. The monoisotopic (exact) mass is 422 g/mol. The first-order chi connectivity index (χ1) is 10.1. The zero-order valence-electron chi connectivity index (χ0n) is 14.5. The first-order valence-electron chi connectivity index (χ1n) is 8.05. The topological polar surface area (TPSA) is 62.5 Å². The Balaban J connectivity index is 0.00000441. The highest BCUT2D eigenvalue weighted by Gasteiger charge is 2.16. The van der Waals surface area contributed by atoms with Crippen LogP contribution in [0.3, 0.4) is 0 Å². The molecule has 1 unspecified atom stereocenters. The highest BCUT2D eigenvalue weighted by molar-refractivity contribution is 14.0. The van der Waals surface area contributed by atoms with Crippen molar-refractivity contribution in [1.82, 2.24) is 15.8 Å². The van der Waals surface area contributed by atoms with Crippen LogP contribution in [0.5, 0.6) is 0 Å². The maximum atomic E-state index is 5.23. The van der Waals surface area contributed by atoms with Crippen molar-refractivity contribution in [1.29, 1.82) is 0 Å². The van der Waals surface area contributed by atoms with Crippen LogP contribution in [0.25, 0.3) is 0 Å². The van der Waals surface area contributed by atoms with Gasteiger partial charge in [-0.25, -0.2) is 0 Å². The average molecular weight is 422 g/mol. The van der Waals surface area contributed by atoms with Gasteiger partial charge in [-0.2, -0.15) is 0 Å². The number of hydrogen-bond donors (Lipinski definition) is 2. The molecule has 6 heteroatoms. The Morgan fingerprint density at radius 2 is 1.95 bits per heavy atom. The maximum Gasteiger partial charge on any atom is 0.191 e. The maximum absolute atomic E-state index is 5.23. The minimum absolute atomic E-state index is 0. The van der Waals surface area contributed by atoms with Crippen LogP contribution < -0.4 is 10.6 Å². The van der Waals surface area contributed by atoms with Gasteiger partial charge in [0.2, 0.25) is 0 Å². The molecule has 0 aliphatic heterocycles. The second-order valence-electron chi connectivity index (χ2n) is 5.49. The lowest BCUT2D eigenvalue weighted by Crippen LogP contribution is -2.38. The fraction of sp³-hybridized carbons (Fsp3) is 0.750. The number of hydrogen-bond acceptors (Lipinski definition) is 3. The fourth-order valence-electron chi connectivity index (χ4n) is 2.44. The van der Waals surface area contributed by atoms with Gasteiger partial charge >= 0.3 is 0 Å². The molecular weight excluding hydrogens is 391 g/mol. The number of guanidine groups is 1. The SMILES string of the molecule is CCCCCNC(=NCC(C)c1c(C)noc1C)NCC.I. The van der Waals surface area contributed by atoms with Gasteiger partial charge in [0.05, 0.1) is 5.69 Å². The molecule has 1 heterocycles. The van der Waals surface area contributed by atoms with E-state index in [1.54, 1.807) is 0 Å². The van der Waals surface area contributed by atoms with Gasteiger partial charge in [-0.3, -0.25) is 4.99 Å². The van der Waals surface area contributed by atoms with Crippen molar-refractivity contribution in [2.45, 2.75) is 59.8 Å². The lowest BCUT2D eigenvalue weighted by Gasteiger charge is -2.13. The molecule has 0 saturated heterocycles. The normalized spacial score (nSPS) is 12.7. The molecule has 0 fully saturated rings. The predicted octanol–water partition coefficient (Wildman–Crippen LogP) is 3.76. The molecule has 0 aliphatic rings. The summed E-state index contributed by atoms with van der Waals surface area (Å²) in [7, 11) is 0. The highest BCUT2D eigenvalue weighted by Crippen LogP contribution is 2.23. The van der Waals surface area contributed by atoms with Gasteiger partial charge in [0.25, 0.3) is 0 Å². The van der Waals surface area contributed by atoms with Crippen LogP contribution in [0.2, 0.25) is 0 Å². The summed E-state index contributed by atoms with van der Waals surface area (Å²) in [5.74, 6) is 2.10. The van der Waals surface area contributed by atoms with E-state index in [1.807, 2.05) is 13.8 Å². The summed E-state index contributed by atoms with van der Waals surface area (Å²) in [5.41, 5.74) is 2.15.